The Morgan fingerprint density at radius 1 is 1.13 bits per heavy atom. The van der Waals surface area contributed by atoms with E-state index < -0.39 is 0 Å². The van der Waals surface area contributed by atoms with Crippen molar-refractivity contribution < 1.29 is 4.79 Å². The molecule has 5 heteroatoms. The number of hydrogen-bond donors (Lipinski definition) is 1. The Morgan fingerprint density at radius 3 is 2.61 bits per heavy atom. The number of aromatic nitrogens is 2. The van der Waals surface area contributed by atoms with Crippen LogP contribution in [0.5, 0.6) is 0 Å². The molecule has 3 aromatic rings. The van der Waals surface area contributed by atoms with Crippen LogP contribution < -0.4 is 5.32 Å². The van der Waals surface area contributed by atoms with E-state index >= 15 is 0 Å². The number of carbonyl (C=O) groups is 1. The number of hydrogen-bond acceptors (Lipinski definition) is 4. The zero-order valence-corrected chi connectivity index (χ0v) is 13.6. The van der Waals surface area contributed by atoms with Crippen LogP contribution in [0.15, 0.2) is 54.7 Å². The Balaban J connectivity index is 1.57. The number of nitrogens with one attached hydrogen (secondary N) is 1. The lowest BCUT2D eigenvalue weighted by Gasteiger charge is -2.07. The van der Waals surface area contributed by atoms with Gasteiger partial charge in [0.25, 0.3) is 0 Å². The lowest BCUT2D eigenvalue weighted by molar-refractivity contribution is -0.116. The maximum absolute atomic E-state index is 12.1. The summed E-state index contributed by atoms with van der Waals surface area (Å²) in [7, 11) is 0. The third-order valence-corrected chi connectivity index (χ3v) is 4.41. The summed E-state index contributed by atoms with van der Waals surface area (Å²) < 4.78 is 3.85. The lowest BCUT2D eigenvalue weighted by Crippen LogP contribution is -2.12. The van der Waals surface area contributed by atoms with Crippen LogP contribution in [0.25, 0.3) is 10.4 Å². The van der Waals surface area contributed by atoms with E-state index in [1.54, 1.807) is 6.20 Å². The largest absolute Gasteiger partial charge is 0.326 e. The van der Waals surface area contributed by atoms with E-state index in [0.717, 1.165) is 22.5 Å². The van der Waals surface area contributed by atoms with Gasteiger partial charge in [-0.3, -0.25) is 4.79 Å². The molecule has 3 rings (SSSR count). The van der Waals surface area contributed by atoms with Crippen LogP contribution in [0, 0.1) is 6.92 Å². The molecule has 0 aliphatic rings. The zero-order chi connectivity index (χ0) is 16.1. The molecule has 0 saturated carbocycles. The smallest absolute Gasteiger partial charge is 0.224 e. The monoisotopic (exact) mass is 323 g/mol. The van der Waals surface area contributed by atoms with E-state index in [0.29, 0.717) is 6.42 Å². The lowest BCUT2D eigenvalue weighted by atomic mass is 10.0. The van der Waals surface area contributed by atoms with Gasteiger partial charge in [-0.15, -0.1) is 5.10 Å². The fraction of sp³-hybridized carbons (Fsp3) is 0.167. The molecule has 0 spiro atoms. The van der Waals surface area contributed by atoms with Crippen molar-refractivity contribution in [1.29, 1.82) is 0 Å². The van der Waals surface area contributed by atoms with Gasteiger partial charge in [0.1, 0.15) is 0 Å². The van der Waals surface area contributed by atoms with Gasteiger partial charge in [0.05, 0.1) is 11.1 Å². The van der Waals surface area contributed by atoms with Gasteiger partial charge in [0.2, 0.25) is 5.91 Å². The van der Waals surface area contributed by atoms with Gasteiger partial charge in [0.15, 0.2) is 0 Å². The minimum atomic E-state index is 0.0282. The summed E-state index contributed by atoms with van der Waals surface area (Å²) in [5, 5.41) is 6.77. The zero-order valence-electron chi connectivity index (χ0n) is 12.8. The molecule has 1 N–H and O–H groups in total. The van der Waals surface area contributed by atoms with Crippen molar-refractivity contribution in [3.8, 4) is 10.4 Å². The molecule has 116 valence electrons. The molecule has 1 amide bonds. The van der Waals surface area contributed by atoms with Crippen molar-refractivity contribution in [2.24, 2.45) is 0 Å². The van der Waals surface area contributed by atoms with Crippen LogP contribution in [0.2, 0.25) is 0 Å². The number of amides is 1. The van der Waals surface area contributed by atoms with Crippen LogP contribution in [-0.4, -0.2) is 15.5 Å². The van der Waals surface area contributed by atoms with E-state index in [1.165, 1.54) is 22.7 Å². The Morgan fingerprint density at radius 2 is 1.91 bits per heavy atom. The minimum Gasteiger partial charge on any atom is -0.326 e. The van der Waals surface area contributed by atoms with Crippen LogP contribution in [0.3, 0.4) is 0 Å². The summed E-state index contributed by atoms with van der Waals surface area (Å²) in [5.41, 5.74) is 4.30. The molecular formula is C18H17N3OS. The highest BCUT2D eigenvalue weighted by Gasteiger charge is 2.06. The van der Waals surface area contributed by atoms with Gasteiger partial charge < -0.3 is 5.32 Å². The van der Waals surface area contributed by atoms with E-state index in [-0.39, 0.29) is 5.91 Å². The summed E-state index contributed by atoms with van der Waals surface area (Å²) in [6, 6.07) is 15.9. The Bertz CT molecular complexity index is 782. The van der Waals surface area contributed by atoms with Crippen molar-refractivity contribution >= 4 is 23.1 Å². The van der Waals surface area contributed by atoms with Crippen molar-refractivity contribution in [3.63, 3.8) is 0 Å². The molecule has 23 heavy (non-hydrogen) atoms. The molecule has 0 radical (unpaired) electrons. The highest BCUT2D eigenvalue weighted by molar-refractivity contribution is 7.09. The highest BCUT2D eigenvalue weighted by Crippen LogP contribution is 2.23. The van der Waals surface area contributed by atoms with E-state index in [1.807, 2.05) is 36.4 Å². The summed E-state index contributed by atoms with van der Waals surface area (Å²) in [5.74, 6) is 0.0282. The van der Waals surface area contributed by atoms with Crippen LogP contribution >= 0.6 is 11.5 Å². The fourth-order valence-electron chi connectivity index (χ4n) is 2.37. The molecule has 0 atom stereocenters. The summed E-state index contributed by atoms with van der Waals surface area (Å²) >= 11 is 1.35. The first-order chi connectivity index (χ1) is 11.2. The minimum absolute atomic E-state index is 0.0282. The van der Waals surface area contributed by atoms with Crippen molar-refractivity contribution in [2.45, 2.75) is 19.8 Å². The van der Waals surface area contributed by atoms with E-state index in [2.05, 4.69) is 34.0 Å². The normalized spacial score (nSPS) is 10.5. The molecule has 1 heterocycles. The standard InChI is InChI=1S/C18H17N3OS/c1-13-4-2-3-5-14(13)8-11-18(22)20-16-9-6-15(7-10-16)17-12-19-21-23-17/h2-7,9-10,12H,8,11H2,1H3,(H,20,22). The average Bonchev–Trinajstić information content (AvgIpc) is 3.09. The molecular weight excluding hydrogens is 306 g/mol. The van der Waals surface area contributed by atoms with Gasteiger partial charge in [-0.05, 0) is 53.7 Å². The molecule has 4 nitrogen and oxygen atoms in total. The van der Waals surface area contributed by atoms with Crippen molar-refractivity contribution in [3.05, 3.63) is 65.9 Å². The first-order valence-electron chi connectivity index (χ1n) is 7.44. The van der Waals surface area contributed by atoms with Gasteiger partial charge in [-0.25, -0.2) is 0 Å². The molecule has 0 saturated heterocycles. The van der Waals surface area contributed by atoms with Crippen LogP contribution in [0.1, 0.15) is 17.5 Å². The molecule has 0 aliphatic carbocycles. The third-order valence-electron chi connectivity index (χ3n) is 3.70. The van der Waals surface area contributed by atoms with Gasteiger partial charge >= 0.3 is 0 Å². The summed E-state index contributed by atoms with van der Waals surface area (Å²) in [6.45, 7) is 2.07. The second-order valence-electron chi connectivity index (χ2n) is 5.33. The first-order valence-corrected chi connectivity index (χ1v) is 8.22. The molecule has 0 aliphatic heterocycles. The summed E-state index contributed by atoms with van der Waals surface area (Å²) in [4.78, 5) is 13.1. The Hall–Kier alpha value is -2.53. The predicted molar refractivity (Wildman–Crippen MR) is 93.5 cm³/mol. The van der Waals surface area contributed by atoms with Crippen LogP contribution in [0.4, 0.5) is 5.69 Å². The maximum Gasteiger partial charge on any atom is 0.224 e. The fourth-order valence-corrected chi connectivity index (χ4v) is 2.89. The number of nitrogens with zero attached hydrogens (tertiary/aromatic N) is 2. The van der Waals surface area contributed by atoms with E-state index in [4.69, 9.17) is 0 Å². The van der Waals surface area contributed by atoms with E-state index in [9.17, 15) is 4.79 Å². The second kappa shape index (κ2) is 7.15. The number of rotatable bonds is 5. The topological polar surface area (TPSA) is 54.9 Å². The predicted octanol–water partition coefficient (Wildman–Crippen LogP) is 4.08. The Kier molecular flexibility index (Phi) is 4.78. The summed E-state index contributed by atoms with van der Waals surface area (Å²) in [6.07, 6.45) is 2.97. The molecule has 2 aromatic carbocycles. The molecule has 1 aromatic heterocycles. The number of benzene rings is 2. The average molecular weight is 323 g/mol. The number of aryl methyl sites for hydroxylation is 2. The molecule has 0 bridgehead atoms. The van der Waals surface area contributed by atoms with Crippen molar-refractivity contribution in [2.75, 3.05) is 5.32 Å². The van der Waals surface area contributed by atoms with Crippen LogP contribution in [-0.2, 0) is 11.2 Å². The number of carbonyl (C=O) groups excluding carboxylic acids is 1. The quantitative estimate of drug-likeness (QED) is 0.769. The number of anilines is 1. The third kappa shape index (κ3) is 4.02. The molecule has 0 unspecified atom stereocenters. The second-order valence-corrected chi connectivity index (χ2v) is 6.12. The molecule has 0 fully saturated rings. The van der Waals surface area contributed by atoms with Gasteiger partial charge in [-0.2, -0.15) is 0 Å². The maximum atomic E-state index is 12.1. The first kappa shape index (κ1) is 15.4. The Labute approximate surface area is 139 Å². The van der Waals surface area contributed by atoms with Crippen molar-refractivity contribution in [1.82, 2.24) is 9.59 Å². The van der Waals surface area contributed by atoms with Gasteiger partial charge in [-0.1, -0.05) is 40.9 Å². The SMILES string of the molecule is Cc1ccccc1CCC(=O)Nc1ccc(-c2cnns2)cc1. The van der Waals surface area contributed by atoms with Gasteiger partial charge in [0, 0.05) is 12.1 Å². The highest BCUT2D eigenvalue weighted by atomic mass is 32.1.